The number of carbonyl (C=O) groups excluding carboxylic acids is 1. The van der Waals surface area contributed by atoms with Gasteiger partial charge in [-0.3, -0.25) is 4.79 Å². The lowest BCUT2D eigenvalue weighted by Gasteiger charge is -2.26. The summed E-state index contributed by atoms with van der Waals surface area (Å²) in [5, 5.41) is 2.65. The van der Waals surface area contributed by atoms with E-state index < -0.39 is 10.1 Å². The van der Waals surface area contributed by atoms with Crippen molar-refractivity contribution in [2.45, 2.75) is 30.8 Å². The van der Waals surface area contributed by atoms with Crippen LogP contribution >= 0.6 is 0 Å². The molecule has 0 aliphatic carbocycles. The van der Waals surface area contributed by atoms with Crippen LogP contribution < -0.4 is 11.1 Å². The van der Waals surface area contributed by atoms with Gasteiger partial charge in [-0.25, -0.2) is 8.42 Å². The summed E-state index contributed by atoms with van der Waals surface area (Å²) in [5.74, 6) is 0.0764. The Kier molecular flexibility index (Phi) is 4.44. The monoisotopic (exact) mass is 272 g/mol. The number of β-lactam (4-membered cyclic amide) rings is 1. The van der Waals surface area contributed by atoms with E-state index in [1.807, 2.05) is 13.8 Å². The summed E-state index contributed by atoms with van der Waals surface area (Å²) in [4.78, 5) is 10.1. The van der Waals surface area contributed by atoms with Gasteiger partial charge in [-0.15, -0.1) is 0 Å². The van der Waals surface area contributed by atoms with Gasteiger partial charge in [0.2, 0.25) is 0 Å². The molecule has 7 heteroatoms. The first kappa shape index (κ1) is 14.6. The molecule has 6 nitrogen and oxygen atoms in total. The third kappa shape index (κ3) is 3.80. The minimum atomic E-state index is -4.27. The maximum absolute atomic E-state index is 10.4. The van der Waals surface area contributed by atoms with Crippen LogP contribution in [0.25, 0.3) is 0 Å². The molecule has 4 N–H and O–H groups in total. The molecule has 1 aromatic rings. The first-order valence-corrected chi connectivity index (χ1v) is 6.78. The van der Waals surface area contributed by atoms with Gasteiger partial charge in [0.1, 0.15) is 10.1 Å². The van der Waals surface area contributed by atoms with E-state index in [1.54, 1.807) is 12.1 Å². The zero-order valence-corrected chi connectivity index (χ0v) is 11.0. The van der Waals surface area contributed by atoms with Gasteiger partial charge in [0.05, 0.1) is 10.9 Å². The number of benzene rings is 1. The van der Waals surface area contributed by atoms with E-state index >= 15 is 0 Å². The maximum Gasteiger partial charge on any atom is 0.280 e. The van der Waals surface area contributed by atoms with Crippen LogP contribution in [0.3, 0.4) is 0 Å². The molecule has 1 saturated heterocycles. The Morgan fingerprint density at radius 1 is 1.28 bits per heavy atom. The molecule has 2 rings (SSSR count). The molecule has 0 saturated carbocycles. The van der Waals surface area contributed by atoms with E-state index in [0.717, 1.165) is 5.56 Å². The van der Waals surface area contributed by atoms with E-state index in [4.69, 9.17) is 0 Å². The van der Waals surface area contributed by atoms with Crippen molar-refractivity contribution in [1.82, 2.24) is 5.32 Å². The van der Waals surface area contributed by atoms with Gasteiger partial charge in [0.25, 0.3) is 5.91 Å². The van der Waals surface area contributed by atoms with Gasteiger partial charge in [-0.2, -0.15) is 0 Å². The van der Waals surface area contributed by atoms with Crippen LogP contribution in [-0.2, 0) is 14.9 Å². The topological polar surface area (TPSA) is 114 Å². The van der Waals surface area contributed by atoms with Crippen molar-refractivity contribution in [3.8, 4) is 0 Å². The Balaban J connectivity index is 0.000000199. The Hall–Kier alpha value is -1.44. The van der Waals surface area contributed by atoms with Gasteiger partial charge in [0, 0.05) is 0 Å². The van der Waals surface area contributed by atoms with Crippen molar-refractivity contribution in [2.75, 3.05) is 0 Å². The molecule has 1 aliphatic heterocycles. The molecule has 100 valence electrons. The quantitative estimate of drug-likeness (QED) is 0.505. The van der Waals surface area contributed by atoms with Crippen LogP contribution in [0.1, 0.15) is 12.5 Å². The second kappa shape index (κ2) is 5.47. The van der Waals surface area contributed by atoms with Crippen LogP contribution in [0.15, 0.2) is 29.2 Å². The highest BCUT2D eigenvalue weighted by atomic mass is 32.2. The third-order valence-electron chi connectivity index (χ3n) is 2.62. The Morgan fingerprint density at radius 3 is 2.00 bits per heavy atom. The van der Waals surface area contributed by atoms with Crippen molar-refractivity contribution in [3.05, 3.63) is 29.8 Å². The lowest BCUT2D eigenvalue weighted by Crippen LogP contribution is -2.82. The molecular weight excluding hydrogens is 256 g/mol. The summed E-state index contributed by atoms with van der Waals surface area (Å²) in [6.45, 7) is 3.76. The average molecular weight is 272 g/mol. The van der Waals surface area contributed by atoms with Crippen LogP contribution in [0.5, 0.6) is 0 Å². The zero-order chi connectivity index (χ0) is 13.9. The summed E-state index contributed by atoms with van der Waals surface area (Å²) in [5.41, 5.74) is 4.52. The highest BCUT2D eigenvalue weighted by Gasteiger charge is 2.35. The number of amides is 1. The summed E-state index contributed by atoms with van der Waals surface area (Å²) in [6, 6.07) is 6.08. The predicted octanol–water partition coefficient (Wildman–Crippen LogP) is -0.986. The number of carbonyl (C=O) groups is 1. The molecule has 0 unspecified atom stereocenters. The van der Waals surface area contributed by atoms with Crippen molar-refractivity contribution >= 4 is 16.0 Å². The van der Waals surface area contributed by atoms with Crippen molar-refractivity contribution in [3.63, 3.8) is 0 Å². The van der Waals surface area contributed by atoms with Gasteiger partial charge in [-0.05, 0) is 26.0 Å². The summed E-state index contributed by atoms with van der Waals surface area (Å²) >= 11 is 0. The molecule has 0 radical (unpaired) electrons. The summed E-state index contributed by atoms with van der Waals surface area (Å²) in [6.07, 6.45) is 0. The largest absolute Gasteiger partial charge is 0.744 e. The predicted molar refractivity (Wildman–Crippen MR) is 63.4 cm³/mol. The van der Waals surface area contributed by atoms with Crippen LogP contribution in [0.2, 0.25) is 0 Å². The van der Waals surface area contributed by atoms with E-state index in [2.05, 4.69) is 11.1 Å². The molecule has 0 aromatic heterocycles. The van der Waals surface area contributed by atoms with Gasteiger partial charge >= 0.3 is 0 Å². The SMILES string of the molecule is C[C@@H]1NC(=O)[C@@H]1[NH3+].Cc1ccc(S(=O)(=O)[O-])cc1. The zero-order valence-electron chi connectivity index (χ0n) is 10.2. The summed E-state index contributed by atoms with van der Waals surface area (Å²) < 4.78 is 31.2. The van der Waals surface area contributed by atoms with Crippen molar-refractivity contribution in [2.24, 2.45) is 0 Å². The molecule has 0 bridgehead atoms. The molecule has 1 heterocycles. The average Bonchev–Trinajstić information content (AvgIpc) is 2.29. The number of quaternary nitrogens is 1. The lowest BCUT2D eigenvalue weighted by molar-refractivity contribution is -0.419. The molecule has 0 spiro atoms. The van der Waals surface area contributed by atoms with E-state index in [1.165, 1.54) is 12.1 Å². The van der Waals surface area contributed by atoms with Crippen molar-refractivity contribution < 1.29 is 23.5 Å². The van der Waals surface area contributed by atoms with E-state index in [0.29, 0.717) is 6.04 Å². The molecule has 1 amide bonds. The second-order valence-corrected chi connectivity index (χ2v) is 5.55. The number of nitrogens with one attached hydrogen (secondary N) is 1. The number of hydrogen-bond acceptors (Lipinski definition) is 4. The Bertz CT molecular complexity index is 524. The molecule has 1 fully saturated rings. The fourth-order valence-electron chi connectivity index (χ4n) is 1.27. The van der Waals surface area contributed by atoms with Gasteiger partial charge < -0.3 is 15.6 Å². The van der Waals surface area contributed by atoms with Crippen LogP contribution in [0.4, 0.5) is 0 Å². The summed E-state index contributed by atoms with van der Waals surface area (Å²) in [7, 11) is -4.27. The molecular formula is C11H16N2O4S. The van der Waals surface area contributed by atoms with Crippen molar-refractivity contribution in [1.29, 1.82) is 0 Å². The highest BCUT2D eigenvalue weighted by molar-refractivity contribution is 7.85. The number of hydrogen-bond donors (Lipinski definition) is 2. The first-order valence-electron chi connectivity index (χ1n) is 5.38. The second-order valence-electron chi connectivity index (χ2n) is 4.17. The smallest absolute Gasteiger partial charge is 0.280 e. The Morgan fingerprint density at radius 2 is 1.78 bits per heavy atom. The maximum atomic E-state index is 10.4. The first-order chi connectivity index (χ1) is 8.21. The van der Waals surface area contributed by atoms with Gasteiger partial charge in [0.15, 0.2) is 6.04 Å². The third-order valence-corrected chi connectivity index (χ3v) is 3.47. The van der Waals surface area contributed by atoms with E-state index in [-0.39, 0.29) is 16.8 Å². The van der Waals surface area contributed by atoms with E-state index in [9.17, 15) is 17.8 Å². The fourth-order valence-corrected chi connectivity index (χ4v) is 1.74. The minimum absolute atomic E-state index is 0.000000000000000222. The lowest BCUT2D eigenvalue weighted by atomic mass is 10.0. The standard InChI is InChI=1S/C7H8O3S.C4H8N2O/c1-6-2-4-7(5-3-6)11(8,9)10;1-2-3(5)4(7)6-2/h2-5H,1H3,(H,8,9,10);2-3H,5H2,1H3,(H,6,7)/t;2-,3+/m.0/s1. The number of rotatable bonds is 1. The Labute approximate surface area is 106 Å². The highest BCUT2D eigenvalue weighted by Crippen LogP contribution is 2.08. The molecule has 1 aromatic carbocycles. The van der Waals surface area contributed by atoms with Gasteiger partial charge in [-0.1, -0.05) is 17.7 Å². The minimum Gasteiger partial charge on any atom is -0.744 e. The fraction of sp³-hybridized carbons (Fsp3) is 0.364. The molecule has 18 heavy (non-hydrogen) atoms. The number of aryl methyl sites for hydroxylation is 1. The van der Waals surface area contributed by atoms with Crippen LogP contribution in [-0.4, -0.2) is 31.0 Å². The molecule has 1 aliphatic rings. The van der Waals surface area contributed by atoms with Crippen LogP contribution in [0, 0.1) is 6.92 Å². The molecule has 2 atom stereocenters. The normalized spacial score (nSPS) is 22.3.